The van der Waals surface area contributed by atoms with Crippen molar-refractivity contribution in [1.82, 2.24) is 9.55 Å². The summed E-state index contributed by atoms with van der Waals surface area (Å²) in [6.45, 7) is 0.567. The van der Waals surface area contributed by atoms with Crippen LogP contribution in [0, 0.1) is 0 Å². The second-order valence-corrected chi connectivity index (χ2v) is 3.72. The molecule has 2 N–H and O–H groups in total. The normalized spacial score (nSPS) is 10.2. The minimum atomic E-state index is -0.423. The van der Waals surface area contributed by atoms with Gasteiger partial charge in [0.05, 0.1) is 0 Å². The molecule has 0 amide bonds. The highest BCUT2D eigenvalue weighted by Gasteiger charge is 2.01. The first kappa shape index (κ1) is 11.2. The maximum absolute atomic E-state index is 11.3. The lowest BCUT2D eigenvalue weighted by atomic mass is 10.2. The highest BCUT2D eigenvalue weighted by atomic mass is 16.2. The topological polar surface area (TPSA) is 66.9 Å². The molecule has 0 aliphatic carbocycles. The molecule has 0 aliphatic rings. The van der Waals surface area contributed by atoms with Crippen molar-refractivity contribution in [1.29, 1.82) is 0 Å². The number of H-pyrrole nitrogens is 1. The summed E-state index contributed by atoms with van der Waals surface area (Å²) in [7, 11) is 1.60. The van der Waals surface area contributed by atoms with Crippen LogP contribution in [0.1, 0.15) is 5.56 Å². The smallest absolute Gasteiger partial charge is 0.329 e. The van der Waals surface area contributed by atoms with Gasteiger partial charge in [-0.1, -0.05) is 30.3 Å². The Morgan fingerprint density at radius 3 is 2.65 bits per heavy atom. The highest BCUT2D eigenvalue weighted by molar-refractivity contribution is 5.35. The Hall–Kier alpha value is -2.30. The summed E-state index contributed by atoms with van der Waals surface area (Å²) in [5, 5.41) is 3.05. The van der Waals surface area contributed by atoms with Gasteiger partial charge in [-0.2, -0.15) is 0 Å². The minimum absolute atomic E-state index is 0.399. The van der Waals surface area contributed by atoms with Crippen molar-refractivity contribution in [3.05, 3.63) is 62.8 Å². The molecule has 0 radical (unpaired) electrons. The van der Waals surface area contributed by atoms with Crippen molar-refractivity contribution >= 4 is 5.82 Å². The number of nitrogens with zero attached hydrogens (tertiary/aromatic N) is 1. The zero-order valence-corrected chi connectivity index (χ0v) is 9.43. The van der Waals surface area contributed by atoms with E-state index >= 15 is 0 Å². The number of rotatable bonds is 3. The molecule has 1 heterocycles. The van der Waals surface area contributed by atoms with E-state index < -0.39 is 11.2 Å². The summed E-state index contributed by atoms with van der Waals surface area (Å²) in [5.74, 6) is 0.502. The predicted molar refractivity (Wildman–Crippen MR) is 66.1 cm³/mol. The van der Waals surface area contributed by atoms with E-state index in [1.807, 2.05) is 30.3 Å². The highest BCUT2D eigenvalue weighted by Crippen LogP contribution is 2.03. The summed E-state index contributed by atoms with van der Waals surface area (Å²) < 4.78 is 1.37. The van der Waals surface area contributed by atoms with Gasteiger partial charge in [0, 0.05) is 19.7 Å². The van der Waals surface area contributed by atoms with Gasteiger partial charge in [-0.15, -0.1) is 0 Å². The monoisotopic (exact) mass is 231 g/mol. The quantitative estimate of drug-likeness (QED) is 0.816. The second-order valence-electron chi connectivity index (χ2n) is 3.72. The Kier molecular flexibility index (Phi) is 3.09. The zero-order valence-electron chi connectivity index (χ0n) is 9.43. The molecule has 0 spiro atoms. The van der Waals surface area contributed by atoms with Crippen LogP contribution in [0.4, 0.5) is 5.82 Å². The average molecular weight is 231 g/mol. The molecule has 1 aromatic heterocycles. The lowest BCUT2D eigenvalue weighted by Gasteiger charge is -2.09. The van der Waals surface area contributed by atoms with Gasteiger partial charge in [0.2, 0.25) is 0 Å². The van der Waals surface area contributed by atoms with E-state index in [4.69, 9.17) is 0 Å². The van der Waals surface area contributed by atoms with Crippen LogP contribution in [0.15, 0.2) is 46.0 Å². The first-order valence-electron chi connectivity index (χ1n) is 5.25. The number of anilines is 1. The van der Waals surface area contributed by atoms with E-state index in [9.17, 15) is 9.59 Å². The molecule has 0 atom stereocenters. The molecule has 5 nitrogen and oxygen atoms in total. The van der Waals surface area contributed by atoms with Crippen molar-refractivity contribution in [2.75, 3.05) is 5.32 Å². The molecule has 0 saturated carbocycles. The molecule has 2 aromatic rings. The van der Waals surface area contributed by atoms with Crippen molar-refractivity contribution in [3.8, 4) is 0 Å². The predicted octanol–water partition coefficient (Wildman–Crippen LogP) is 0.686. The third-order valence-corrected chi connectivity index (χ3v) is 2.48. The van der Waals surface area contributed by atoms with E-state index in [-0.39, 0.29) is 0 Å². The molecule has 0 saturated heterocycles. The maximum atomic E-state index is 11.3. The van der Waals surface area contributed by atoms with Gasteiger partial charge in [-0.3, -0.25) is 14.3 Å². The summed E-state index contributed by atoms with van der Waals surface area (Å²) in [4.78, 5) is 24.7. The third-order valence-electron chi connectivity index (χ3n) is 2.48. The van der Waals surface area contributed by atoms with Crippen LogP contribution in [0.2, 0.25) is 0 Å². The van der Waals surface area contributed by atoms with Crippen molar-refractivity contribution in [2.24, 2.45) is 7.05 Å². The Labute approximate surface area is 97.7 Å². The molecule has 1 aromatic carbocycles. The van der Waals surface area contributed by atoms with Crippen LogP contribution in [0.5, 0.6) is 0 Å². The van der Waals surface area contributed by atoms with E-state index in [1.165, 1.54) is 10.6 Å². The van der Waals surface area contributed by atoms with Crippen LogP contribution in [0.3, 0.4) is 0 Å². The number of benzene rings is 1. The fourth-order valence-corrected chi connectivity index (χ4v) is 1.51. The van der Waals surface area contributed by atoms with Gasteiger partial charge >= 0.3 is 5.69 Å². The number of aromatic nitrogens is 2. The van der Waals surface area contributed by atoms with Crippen molar-refractivity contribution < 1.29 is 0 Å². The minimum Gasteiger partial charge on any atom is -0.367 e. The average Bonchev–Trinajstić information content (AvgIpc) is 2.33. The molecule has 88 valence electrons. The molecule has 0 fully saturated rings. The Balaban J connectivity index is 2.20. The van der Waals surface area contributed by atoms with Crippen LogP contribution in [-0.2, 0) is 13.6 Å². The standard InChI is InChI=1S/C12H13N3O2/c1-15-10(7-11(16)14-12(15)17)13-8-9-5-3-2-4-6-9/h2-7,13H,8H2,1H3,(H,14,16,17). The first-order chi connectivity index (χ1) is 8.16. The molecule has 5 heteroatoms. The number of nitrogens with one attached hydrogen (secondary N) is 2. The van der Waals surface area contributed by atoms with Crippen molar-refractivity contribution in [2.45, 2.75) is 6.54 Å². The number of hydrogen-bond acceptors (Lipinski definition) is 3. The fourth-order valence-electron chi connectivity index (χ4n) is 1.51. The maximum Gasteiger partial charge on any atom is 0.329 e. The molecule has 0 unspecified atom stereocenters. The summed E-state index contributed by atoms with van der Waals surface area (Å²) >= 11 is 0. The van der Waals surface area contributed by atoms with Gasteiger partial charge in [0.25, 0.3) is 5.56 Å². The molecular weight excluding hydrogens is 218 g/mol. The molecule has 0 aliphatic heterocycles. The third kappa shape index (κ3) is 2.63. The Morgan fingerprint density at radius 2 is 1.94 bits per heavy atom. The zero-order chi connectivity index (χ0) is 12.3. The molecular formula is C12H13N3O2. The van der Waals surface area contributed by atoms with Crippen LogP contribution >= 0.6 is 0 Å². The summed E-state index contributed by atoms with van der Waals surface area (Å²) in [5.41, 5.74) is 0.261. The van der Waals surface area contributed by atoms with Gasteiger partial charge < -0.3 is 5.32 Å². The SMILES string of the molecule is Cn1c(NCc2ccccc2)cc(=O)[nH]c1=O. The first-order valence-corrected chi connectivity index (χ1v) is 5.25. The molecule has 2 rings (SSSR count). The number of aromatic amines is 1. The molecule has 0 bridgehead atoms. The Morgan fingerprint density at radius 1 is 1.24 bits per heavy atom. The lowest BCUT2D eigenvalue weighted by Crippen LogP contribution is -2.29. The number of hydrogen-bond donors (Lipinski definition) is 2. The van der Waals surface area contributed by atoms with E-state index in [2.05, 4.69) is 10.3 Å². The van der Waals surface area contributed by atoms with Gasteiger partial charge in [0.1, 0.15) is 5.82 Å². The Bertz CT molecular complexity index is 614. The summed E-state index contributed by atoms with van der Waals surface area (Å²) in [6, 6.07) is 11.1. The van der Waals surface area contributed by atoms with Crippen LogP contribution < -0.4 is 16.6 Å². The van der Waals surface area contributed by atoms with Gasteiger partial charge in [-0.05, 0) is 5.56 Å². The van der Waals surface area contributed by atoms with Crippen LogP contribution in [0.25, 0.3) is 0 Å². The molecule has 17 heavy (non-hydrogen) atoms. The van der Waals surface area contributed by atoms with Gasteiger partial charge in [0.15, 0.2) is 0 Å². The van der Waals surface area contributed by atoms with E-state index in [0.29, 0.717) is 12.4 Å². The lowest BCUT2D eigenvalue weighted by molar-refractivity contribution is 0.799. The van der Waals surface area contributed by atoms with Crippen molar-refractivity contribution in [3.63, 3.8) is 0 Å². The second kappa shape index (κ2) is 4.69. The largest absolute Gasteiger partial charge is 0.367 e. The summed E-state index contributed by atoms with van der Waals surface area (Å²) in [6.07, 6.45) is 0. The fraction of sp³-hybridized carbons (Fsp3) is 0.167. The van der Waals surface area contributed by atoms with E-state index in [1.54, 1.807) is 7.05 Å². The van der Waals surface area contributed by atoms with Gasteiger partial charge in [-0.25, -0.2) is 4.79 Å². The van der Waals surface area contributed by atoms with Crippen LogP contribution in [-0.4, -0.2) is 9.55 Å². The van der Waals surface area contributed by atoms with E-state index in [0.717, 1.165) is 5.56 Å².